The molecule has 1 aliphatic carbocycles. The molecule has 4 nitrogen and oxygen atoms in total. The Morgan fingerprint density at radius 1 is 1.35 bits per heavy atom. The molecule has 0 spiro atoms. The molecule has 0 unspecified atom stereocenters. The van der Waals surface area contributed by atoms with E-state index in [1.165, 1.54) is 25.7 Å². The average Bonchev–Trinajstić information content (AvgIpc) is 3.18. The molecule has 0 amide bonds. The zero-order chi connectivity index (χ0) is 14.0. The molecule has 114 valence electrons. The summed E-state index contributed by atoms with van der Waals surface area (Å²) in [5, 5.41) is 3.46. The van der Waals surface area contributed by atoms with Gasteiger partial charge in [-0.05, 0) is 31.4 Å². The van der Waals surface area contributed by atoms with Gasteiger partial charge in [0.1, 0.15) is 5.76 Å². The van der Waals surface area contributed by atoms with E-state index >= 15 is 0 Å². The van der Waals surface area contributed by atoms with Crippen molar-refractivity contribution in [3.63, 3.8) is 0 Å². The minimum absolute atomic E-state index is 0.766. The molecule has 2 rings (SSSR count). The number of nitrogens with one attached hydrogen (secondary N) is 1. The van der Waals surface area contributed by atoms with E-state index in [0.29, 0.717) is 0 Å². The summed E-state index contributed by atoms with van der Waals surface area (Å²) >= 11 is 0. The molecule has 1 N–H and O–H groups in total. The summed E-state index contributed by atoms with van der Waals surface area (Å²) in [6, 6.07) is 4.79. The van der Waals surface area contributed by atoms with Gasteiger partial charge in [0, 0.05) is 32.3 Å². The zero-order valence-corrected chi connectivity index (χ0v) is 12.6. The van der Waals surface area contributed by atoms with Crippen LogP contribution in [0.5, 0.6) is 0 Å². The second-order valence-corrected chi connectivity index (χ2v) is 5.50. The van der Waals surface area contributed by atoms with Gasteiger partial charge in [0.05, 0.1) is 19.4 Å². The molecular formula is C16H28N2O2. The Morgan fingerprint density at radius 2 is 2.25 bits per heavy atom. The Labute approximate surface area is 122 Å². The Morgan fingerprint density at radius 3 is 2.95 bits per heavy atom. The normalized spacial score (nSPS) is 15.1. The van der Waals surface area contributed by atoms with Gasteiger partial charge in [0.25, 0.3) is 0 Å². The summed E-state index contributed by atoms with van der Waals surface area (Å²) in [6.07, 6.45) is 6.79. The second-order valence-electron chi connectivity index (χ2n) is 5.50. The third-order valence-corrected chi connectivity index (χ3v) is 3.64. The maximum absolute atomic E-state index is 5.54. The van der Waals surface area contributed by atoms with E-state index in [1.54, 1.807) is 6.26 Å². The fraction of sp³-hybridized carbons (Fsp3) is 0.750. The van der Waals surface area contributed by atoms with E-state index in [1.807, 2.05) is 6.07 Å². The highest BCUT2D eigenvalue weighted by atomic mass is 16.5. The first-order chi connectivity index (χ1) is 9.90. The quantitative estimate of drug-likeness (QED) is 0.597. The van der Waals surface area contributed by atoms with Crippen LogP contribution in [0.3, 0.4) is 0 Å². The highest BCUT2D eigenvalue weighted by molar-refractivity contribution is 4.99. The first-order valence-corrected chi connectivity index (χ1v) is 7.95. The lowest BCUT2D eigenvalue weighted by atomic mass is 10.3. The third kappa shape index (κ3) is 6.07. The average molecular weight is 280 g/mol. The van der Waals surface area contributed by atoms with Crippen molar-refractivity contribution in [1.29, 1.82) is 0 Å². The lowest BCUT2D eigenvalue weighted by molar-refractivity contribution is 0.132. The molecule has 0 aliphatic heterocycles. The molecule has 1 aliphatic rings. The maximum Gasteiger partial charge on any atom is 0.117 e. The van der Waals surface area contributed by atoms with Crippen LogP contribution in [-0.4, -0.2) is 43.8 Å². The van der Waals surface area contributed by atoms with Gasteiger partial charge in [-0.1, -0.05) is 13.3 Å². The number of hydrogen-bond acceptors (Lipinski definition) is 4. The second kappa shape index (κ2) is 9.16. The van der Waals surface area contributed by atoms with Crippen LogP contribution in [0.15, 0.2) is 22.8 Å². The number of ether oxygens (including phenoxy) is 1. The topological polar surface area (TPSA) is 37.6 Å². The molecular weight excluding hydrogens is 252 g/mol. The summed E-state index contributed by atoms with van der Waals surface area (Å²) < 4.78 is 11.0. The predicted molar refractivity (Wildman–Crippen MR) is 80.7 cm³/mol. The van der Waals surface area contributed by atoms with E-state index < -0.39 is 0 Å². The smallest absolute Gasteiger partial charge is 0.117 e. The van der Waals surface area contributed by atoms with Crippen LogP contribution in [0.25, 0.3) is 0 Å². The van der Waals surface area contributed by atoms with Crippen molar-refractivity contribution in [3.05, 3.63) is 24.2 Å². The molecule has 0 radical (unpaired) electrons. The Balaban J connectivity index is 1.52. The van der Waals surface area contributed by atoms with Gasteiger partial charge >= 0.3 is 0 Å². The Hall–Kier alpha value is -0.840. The van der Waals surface area contributed by atoms with Gasteiger partial charge in [-0.3, -0.25) is 4.90 Å². The number of nitrogens with zero attached hydrogens (tertiary/aromatic N) is 1. The molecule has 0 atom stereocenters. The van der Waals surface area contributed by atoms with Crippen molar-refractivity contribution >= 4 is 0 Å². The molecule has 1 heterocycles. The summed E-state index contributed by atoms with van der Waals surface area (Å²) in [7, 11) is 0. The standard InChI is InChI=1S/C16H28N2O2/c1-2-3-11-19-13-9-17-8-10-18(15-6-7-15)14-16-5-4-12-20-16/h4-5,12,15,17H,2-3,6-11,13-14H2,1H3. The SMILES string of the molecule is CCCCOCCNCCN(Cc1ccco1)C1CC1. The molecule has 4 heteroatoms. The van der Waals surface area contributed by atoms with Crippen LogP contribution in [0.4, 0.5) is 0 Å². The predicted octanol–water partition coefficient (Wildman–Crippen LogP) is 2.65. The zero-order valence-electron chi connectivity index (χ0n) is 12.6. The largest absolute Gasteiger partial charge is 0.468 e. The monoisotopic (exact) mass is 280 g/mol. The molecule has 0 bridgehead atoms. The van der Waals surface area contributed by atoms with Crippen molar-refractivity contribution in [2.45, 2.75) is 45.2 Å². The van der Waals surface area contributed by atoms with E-state index in [-0.39, 0.29) is 0 Å². The molecule has 1 aromatic rings. The first-order valence-electron chi connectivity index (χ1n) is 7.95. The lowest BCUT2D eigenvalue weighted by Gasteiger charge is -2.20. The summed E-state index contributed by atoms with van der Waals surface area (Å²) in [5.41, 5.74) is 0. The summed E-state index contributed by atoms with van der Waals surface area (Å²) in [5.74, 6) is 1.07. The van der Waals surface area contributed by atoms with E-state index in [0.717, 1.165) is 51.2 Å². The number of furan rings is 1. The lowest BCUT2D eigenvalue weighted by Crippen LogP contribution is -2.34. The van der Waals surface area contributed by atoms with Crippen molar-refractivity contribution in [2.75, 3.05) is 32.8 Å². The van der Waals surface area contributed by atoms with Crippen LogP contribution >= 0.6 is 0 Å². The van der Waals surface area contributed by atoms with Crippen LogP contribution in [0.1, 0.15) is 38.4 Å². The highest BCUT2D eigenvalue weighted by Gasteiger charge is 2.28. The summed E-state index contributed by atoms with van der Waals surface area (Å²) in [6.45, 7) is 7.89. The molecule has 1 fully saturated rings. The highest BCUT2D eigenvalue weighted by Crippen LogP contribution is 2.27. The van der Waals surface area contributed by atoms with Gasteiger partial charge in [0.2, 0.25) is 0 Å². The first kappa shape index (κ1) is 15.5. The van der Waals surface area contributed by atoms with Crippen LogP contribution in [0.2, 0.25) is 0 Å². The van der Waals surface area contributed by atoms with E-state index in [2.05, 4.69) is 23.2 Å². The van der Waals surface area contributed by atoms with Crippen molar-refractivity contribution in [1.82, 2.24) is 10.2 Å². The fourth-order valence-electron chi connectivity index (χ4n) is 2.27. The minimum atomic E-state index is 0.766. The van der Waals surface area contributed by atoms with Crippen LogP contribution in [0, 0.1) is 0 Å². The molecule has 1 saturated carbocycles. The molecule has 20 heavy (non-hydrogen) atoms. The summed E-state index contributed by atoms with van der Waals surface area (Å²) in [4.78, 5) is 2.52. The van der Waals surface area contributed by atoms with Gasteiger partial charge in [-0.15, -0.1) is 0 Å². The van der Waals surface area contributed by atoms with Crippen LogP contribution in [-0.2, 0) is 11.3 Å². The van der Waals surface area contributed by atoms with Gasteiger partial charge in [-0.2, -0.15) is 0 Å². The van der Waals surface area contributed by atoms with Gasteiger partial charge in [-0.25, -0.2) is 0 Å². The number of rotatable bonds is 12. The van der Waals surface area contributed by atoms with E-state index in [9.17, 15) is 0 Å². The number of hydrogen-bond donors (Lipinski definition) is 1. The molecule has 0 saturated heterocycles. The minimum Gasteiger partial charge on any atom is -0.468 e. The van der Waals surface area contributed by atoms with Crippen molar-refractivity contribution in [2.24, 2.45) is 0 Å². The van der Waals surface area contributed by atoms with Gasteiger partial charge < -0.3 is 14.5 Å². The fourth-order valence-corrected chi connectivity index (χ4v) is 2.27. The van der Waals surface area contributed by atoms with Crippen LogP contribution < -0.4 is 5.32 Å². The van der Waals surface area contributed by atoms with Crippen molar-refractivity contribution in [3.8, 4) is 0 Å². The maximum atomic E-state index is 5.54. The van der Waals surface area contributed by atoms with Gasteiger partial charge in [0.15, 0.2) is 0 Å². The van der Waals surface area contributed by atoms with Crippen molar-refractivity contribution < 1.29 is 9.15 Å². The number of unbranched alkanes of at least 4 members (excludes halogenated alkanes) is 1. The molecule has 1 aromatic heterocycles. The molecule has 0 aromatic carbocycles. The Bertz CT molecular complexity index is 336. The third-order valence-electron chi connectivity index (χ3n) is 3.64. The Kier molecular flexibility index (Phi) is 7.12. The van der Waals surface area contributed by atoms with E-state index in [4.69, 9.17) is 9.15 Å².